The van der Waals surface area contributed by atoms with E-state index in [1.54, 1.807) is 12.4 Å². The lowest BCUT2D eigenvalue weighted by molar-refractivity contribution is 0.355. The maximum atomic E-state index is 9.43. The average molecular weight is 360 g/mol. The largest absolute Gasteiger partial charge is 0.373 e. The monoisotopic (exact) mass is 360 g/mol. The molecule has 3 N–H and O–H groups in total. The Morgan fingerprint density at radius 1 is 1.11 bits per heavy atom. The molecule has 3 aromatic rings. The molecule has 0 saturated carbocycles. The van der Waals surface area contributed by atoms with Gasteiger partial charge < -0.3 is 10.6 Å². The minimum Gasteiger partial charge on any atom is -0.373 e. The molecule has 0 fully saturated rings. The molecule has 4 heterocycles. The summed E-state index contributed by atoms with van der Waals surface area (Å²) >= 11 is 0. The maximum absolute atomic E-state index is 9.43. The molecule has 27 heavy (non-hydrogen) atoms. The van der Waals surface area contributed by atoms with Crippen molar-refractivity contribution in [1.82, 2.24) is 25.3 Å². The molecule has 136 valence electrons. The topological polar surface area (TPSA) is 111 Å². The van der Waals surface area contributed by atoms with Crippen LogP contribution in [0.15, 0.2) is 24.7 Å². The second-order valence-corrected chi connectivity index (χ2v) is 7.10. The number of pyridine rings is 2. The van der Waals surface area contributed by atoms with E-state index in [1.807, 2.05) is 26.2 Å². The van der Waals surface area contributed by atoms with E-state index in [0.717, 1.165) is 22.2 Å². The Bertz CT molecular complexity index is 1080. The van der Waals surface area contributed by atoms with Crippen molar-refractivity contribution in [2.45, 2.75) is 32.4 Å². The van der Waals surface area contributed by atoms with Crippen LogP contribution >= 0.6 is 0 Å². The van der Waals surface area contributed by atoms with Gasteiger partial charge in [-0.25, -0.2) is 19.9 Å². The summed E-state index contributed by atoms with van der Waals surface area (Å²) in [6.45, 7) is 6.16. The summed E-state index contributed by atoms with van der Waals surface area (Å²) in [7, 11) is 1.84. The van der Waals surface area contributed by atoms with Gasteiger partial charge in [0, 0.05) is 30.4 Å². The number of fused-ring (bicyclic) bond motifs is 3. The lowest BCUT2D eigenvalue weighted by atomic mass is 9.90. The van der Waals surface area contributed by atoms with Crippen LogP contribution in [0.4, 0.5) is 17.5 Å². The SMILES string of the molecule is CNc1ncc2c3cc(ncc13)Nc1cnc(C#N)c(n1)C(C)NC2(C)C. The first-order valence-corrected chi connectivity index (χ1v) is 8.71. The zero-order chi connectivity index (χ0) is 19.2. The predicted molar refractivity (Wildman–Crippen MR) is 104 cm³/mol. The first kappa shape index (κ1) is 17.1. The Morgan fingerprint density at radius 3 is 2.67 bits per heavy atom. The first-order valence-electron chi connectivity index (χ1n) is 8.71. The van der Waals surface area contributed by atoms with Crippen molar-refractivity contribution in [2.75, 3.05) is 17.7 Å². The molecule has 1 unspecified atom stereocenters. The van der Waals surface area contributed by atoms with Crippen molar-refractivity contribution < 1.29 is 0 Å². The fraction of sp³-hybridized carbons (Fsp3) is 0.316. The van der Waals surface area contributed by atoms with Crippen LogP contribution in [0.3, 0.4) is 0 Å². The number of aromatic nitrogens is 4. The number of rotatable bonds is 1. The molecule has 4 bridgehead atoms. The lowest BCUT2D eigenvalue weighted by Crippen LogP contribution is -2.39. The van der Waals surface area contributed by atoms with Crippen molar-refractivity contribution in [3.05, 3.63) is 41.6 Å². The van der Waals surface area contributed by atoms with Gasteiger partial charge in [0.15, 0.2) is 11.5 Å². The van der Waals surface area contributed by atoms with E-state index in [4.69, 9.17) is 0 Å². The highest BCUT2D eigenvalue weighted by Crippen LogP contribution is 2.35. The number of nitrogens with one attached hydrogen (secondary N) is 3. The van der Waals surface area contributed by atoms with E-state index in [0.29, 0.717) is 23.0 Å². The third-order valence-corrected chi connectivity index (χ3v) is 4.83. The highest BCUT2D eigenvalue weighted by atomic mass is 15.1. The Labute approximate surface area is 157 Å². The normalized spacial score (nSPS) is 17.7. The molecule has 8 heteroatoms. The third-order valence-electron chi connectivity index (χ3n) is 4.83. The molecule has 8 nitrogen and oxygen atoms in total. The minimum atomic E-state index is -0.426. The van der Waals surface area contributed by atoms with Crippen molar-refractivity contribution in [1.29, 1.82) is 5.26 Å². The van der Waals surface area contributed by atoms with Crippen LogP contribution in [0.2, 0.25) is 0 Å². The van der Waals surface area contributed by atoms with Crippen molar-refractivity contribution in [2.24, 2.45) is 0 Å². The highest BCUT2D eigenvalue weighted by Gasteiger charge is 2.29. The van der Waals surface area contributed by atoms with Gasteiger partial charge >= 0.3 is 0 Å². The molecular formula is C19H20N8. The van der Waals surface area contributed by atoms with Crippen molar-refractivity contribution in [3.8, 4) is 6.07 Å². The fourth-order valence-corrected chi connectivity index (χ4v) is 3.57. The smallest absolute Gasteiger partial charge is 0.163 e. The summed E-state index contributed by atoms with van der Waals surface area (Å²) in [6.07, 6.45) is 5.23. The number of nitriles is 1. The summed E-state index contributed by atoms with van der Waals surface area (Å²) in [5, 5.41) is 21.3. The highest BCUT2D eigenvalue weighted by molar-refractivity contribution is 5.95. The average Bonchev–Trinajstić information content (AvgIpc) is 2.66. The molecule has 0 saturated heterocycles. The molecule has 1 aliphatic rings. The molecule has 0 amide bonds. The van der Waals surface area contributed by atoms with Crippen LogP contribution < -0.4 is 16.0 Å². The standard InChI is InChI=1S/C19H20N8/c1-10-17-14(6-20)22-9-16(26-17)25-15-5-11-12(7-23-15)18(21-4)24-8-13(11)19(2,3)27-10/h5,7-10,27H,1-4H3,(H,21,24)(H,23,25,26). The number of anilines is 3. The summed E-state index contributed by atoms with van der Waals surface area (Å²) in [5.41, 5.74) is 1.52. The van der Waals surface area contributed by atoms with E-state index in [9.17, 15) is 5.26 Å². The van der Waals surface area contributed by atoms with E-state index < -0.39 is 5.54 Å². The van der Waals surface area contributed by atoms with Crippen LogP contribution in [0.25, 0.3) is 10.8 Å². The van der Waals surface area contributed by atoms with E-state index in [1.165, 1.54) is 0 Å². The molecule has 0 aliphatic carbocycles. The van der Waals surface area contributed by atoms with Crippen LogP contribution in [0.1, 0.15) is 43.8 Å². The van der Waals surface area contributed by atoms with Crippen LogP contribution in [-0.2, 0) is 5.54 Å². The zero-order valence-electron chi connectivity index (χ0n) is 15.6. The molecule has 0 spiro atoms. The predicted octanol–water partition coefficient (Wildman–Crippen LogP) is 2.98. The second kappa shape index (κ2) is 6.14. The van der Waals surface area contributed by atoms with Gasteiger partial charge in [-0.2, -0.15) is 5.26 Å². The summed E-state index contributed by atoms with van der Waals surface area (Å²) in [4.78, 5) is 17.9. The van der Waals surface area contributed by atoms with Gasteiger partial charge in [-0.1, -0.05) is 0 Å². The Morgan fingerprint density at radius 2 is 1.93 bits per heavy atom. The maximum Gasteiger partial charge on any atom is 0.163 e. The molecule has 3 aromatic heterocycles. The quantitative estimate of drug-likeness (QED) is 0.607. The van der Waals surface area contributed by atoms with E-state index >= 15 is 0 Å². The van der Waals surface area contributed by atoms with Crippen LogP contribution in [0.5, 0.6) is 0 Å². The summed E-state index contributed by atoms with van der Waals surface area (Å²) < 4.78 is 0. The molecule has 1 aliphatic heterocycles. The Hall–Kier alpha value is -3.31. The first-order chi connectivity index (χ1) is 12.9. The number of hydrogen-bond acceptors (Lipinski definition) is 8. The van der Waals surface area contributed by atoms with Gasteiger partial charge in [0.2, 0.25) is 0 Å². The second-order valence-electron chi connectivity index (χ2n) is 7.10. The third kappa shape index (κ3) is 2.82. The van der Waals surface area contributed by atoms with Gasteiger partial charge in [0.1, 0.15) is 17.7 Å². The van der Waals surface area contributed by atoms with Crippen molar-refractivity contribution >= 4 is 28.2 Å². The van der Waals surface area contributed by atoms with Gasteiger partial charge in [-0.05, 0) is 37.8 Å². The molecule has 0 radical (unpaired) electrons. The van der Waals surface area contributed by atoms with Gasteiger partial charge in [0.05, 0.1) is 17.9 Å². The lowest BCUT2D eigenvalue weighted by Gasteiger charge is -2.31. The summed E-state index contributed by atoms with van der Waals surface area (Å²) in [5.74, 6) is 1.99. The Kier molecular flexibility index (Phi) is 3.89. The number of nitrogens with zero attached hydrogens (tertiary/aromatic N) is 5. The van der Waals surface area contributed by atoms with Crippen LogP contribution in [0, 0.1) is 11.3 Å². The number of hydrogen-bond donors (Lipinski definition) is 3. The minimum absolute atomic E-state index is 0.188. The van der Waals surface area contributed by atoms with Crippen LogP contribution in [-0.4, -0.2) is 27.0 Å². The molecule has 0 aromatic carbocycles. The molecule has 1 atom stereocenters. The molecular weight excluding hydrogens is 340 g/mol. The Balaban J connectivity index is 2.00. The zero-order valence-corrected chi connectivity index (χ0v) is 15.6. The van der Waals surface area contributed by atoms with Gasteiger partial charge in [-0.15, -0.1) is 0 Å². The van der Waals surface area contributed by atoms with Crippen molar-refractivity contribution in [3.63, 3.8) is 0 Å². The van der Waals surface area contributed by atoms with E-state index in [2.05, 4.69) is 55.8 Å². The van der Waals surface area contributed by atoms with E-state index in [-0.39, 0.29) is 6.04 Å². The fourth-order valence-electron chi connectivity index (χ4n) is 3.57. The summed E-state index contributed by atoms with van der Waals surface area (Å²) in [6, 6.07) is 3.93. The molecule has 4 rings (SSSR count). The van der Waals surface area contributed by atoms with Gasteiger partial charge in [-0.3, -0.25) is 5.32 Å². The van der Waals surface area contributed by atoms with Gasteiger partial charge in [0.25, 0.3) is 0 Å².